The molecule has 0 aromatic heterocycles. The first-order chi connectivity index (χ1) is 12.8. The first kappa shape index (κ1) is 21.4. The zero-order chi connectivity index (χ0) is 20.0. The maximum Gasteiger partial charge on any atom is 0.224 e. The highest BCUT2D eigenvalue weighted by molar-refractivity contribution is 5.80. The molecule has 1 saturated heterocycles. The summed E-state index contributed by atoms with van der Waals surface area (Å²) in [7, 11) is 3.99. The van der Waals surface area contributed by atoms with E-state index < -0.39 is 0 Å². The number of benzene rings is 1. The SMILES string of the molecule is CC(C)[C@H]1CN(C(=O)CCCN(C)C)CCC(=O)N1Cc1ccc(F)cc1. The number of hydrogen-bond acceptors (Lipinski definition) is 3. The lowest BCUT2D eigenvalue weighted by atomic mass is 10.0. The summed E-state index contributed by atoms with van der Waals surface area (Å²) in [6.45, 7) is 6.52. The first-order valence-electron chi connectivity index (χ1n) is 9.74. The van der Waals surface area contributed by atoms with Crippen LogP contribution in [0.25, 0.3) is 0 Å². The molecule has 27 heavy (non-hydrogen) atoms. The van der Waals surface area contributed by atoms with Crippen LogP contribution in [-0.2, 0) is 16.1 Å². The van der Waals surface area contributed by atoms with Gasteiger partial charge in [0.15, 0.2) is 0 Å². The zero-order valence-electron chi connectivity index (χ0n) is 16.9. The topological polar surface area (TPSA) is 43.9 Å². The van der Waals surface area contributed by atoms with E-state index in [-0.39, 0.29) is 29.6 Å². The second-order valence-electron chi connectivity index (χ2n) is 7.96. The van der Waals surface area contributed by atoms with Gasteiger partial charge in [-0.05, 0) is 50.7 Å². The van der Waals surface area contributed by atoms with Crippen molar-refractivity contribution < 1.29 is 14.0 Å². The fraction of sp³-hybridized carbons (Fsp3) is 0.619. The van der Waals surface area contributed by atoms with E-state index in [4.69, 9.17) is 0 Å². The lowest BCUT2D eigenvalue weighted by molar-refractivity contribution is -0.134. The number of hydrogen-bond donors (Lipinski definition) is 0. The molecule has 6 heteroatoms. The predicted octanol–water partition coefficient (Wildman–Crippen LogP) is 2.75. The lowest BCUT2D eigenvalue weighted by Gasteiger charge is -2.35. The Balaban J connectivity index is 2.08. The van der Waals surface area contributed by atoms with E-state index in [1.165, 1.54) is 12.1 Å². The minimum absolute atomic E-state index is 0.0390. The Morgan fingerprint density at radius 1 is 1.26 bits per heavy atom. The van der Waals surface area contributed by atoms with Gasteiger partial charge in [-0.25, -0.2) is 4.39 Å². The molecule has 5 nitrogen and oxygen atoms in total. The number of halogens is 1. The van der Waals surface area contributed by atoms with Gasteiger partial charge in [0.1, 0.15) is 5.82 Å². The van der Waals surface area contributed by atoms with Crippen LogP contribution in [0.2, 0.25) is 0 Å². The second kappa shape index (κ2) is 9.83. The van der Waals surface area contributed by atoms with Crippen molar-refractivity contribution in [3.63, 3.8) is 0 Å². The molecule has 0 aliphatic carbocycles. The maximum absolute atomic E-state index is 13.2. The molecule has 2 rings (SSSR count). The Morgan fingerprint density at radius 2 is 1.93 bits per heavy atom. The number of carbonyl (C=O) groups excluding carboxylic acids is 2. The average Bonchev–Trinajstić information content (AvgIpc) is 2.76. The van der Waals surface area contributed by atoms with Crippen LogP contribution in [0.5, 0.6) is 0 Å². The van der Waals surface area contributed by atoms with Crippen molar-refractivity contribution in [3.8, 4) is 0 Å². The lowest BCUT2D eigenvalue weighted by Crippen LogP contribution is -2.47. The van der Waals surface area contributed by atoms with Crippen LogP contribution in [0.15, 0.2) is 24.3 Å². The molecule has 0 unspecified atom stereocenters. The number of rotatable bonds is 7. The third-order valence-electron chi connectivity index (χ3n) is 5.11. The van der Waals surface area contributed by atoms with Gasteiger partial charge in [-0.2, -0.15) is 0 Å². The molecule has 0 N–H and O–H groups in total. The van der Waals surface area contributed by atoms with Gasteiger partial charge < -0.3 is 14.7 Å². The van der Waals surface area contributed by atoms with Crippen molar-refractivity contribution in [1.29, 1.82) is 0 Å². The van der Waals surface area contributed by atoms with Crippen molar-refractivity contribution in [1.82, 2.24) is 14.7 Å². The highest BCUT2D eigenvalue weighted by Crippen LogP contribution is 2.21. The summed E-state index contributed by atoms with van der Waals surface area (Å²) in [6.07, 6.45) is 1.67. The Bertz CT molecular complexity index is 631. The van der Waals surface area contributed by atoms with Crippen LogP contribution in [-0.4, -0.2) is 66.3 Å². The monoisotopic (exact) mass is 377 g/mol. The molecular weight excluding hydrogens is 345 g/mol. The van der Waals surface area contributed by atoms with E-state index in [1.54, 1.807) is 12.1 Å². The van der Waals surface area contributed by atoms with Crippen LogP contribution in [0.1, 0.15) is 38.7 Å². The third-order valence-corrected chi connectivity index (χ3v) is 5.11. The fourth-order valence-electron chi connectivity index (χ4n) is 3.47. The Hall–Kier alpha value is -1.95. The van der Waals surface area contributed by atoms with E-state index in [0.717, 1.165) is 18.5 Å². The molecule has 0 bridgehead atoms. The normalized spacial score (nSPS) is 18.3. The van der Waals surface area contributed by atoms with E-state index >= 15 is 0 Å². The fourth-order valence-corrected chi connectivity index (χ4v) is 3.47. The van der Waals surface area contributed by atoms with Crippen LogP contribution in [0.4, 0.5) is 4.39 Å². The Labute approximate surface area is 162 Å². The van der Waals surface area contributed by atoms with Gasteiger partial charge in [-0.3, -0.25) is 9.59 Å². The van der Waals surface area contributed by atoms with E-state index in [0.29, 0.717) is 32.5 Å². The molecule has 1 atom stereocenters. The minimum atomic E-state index is -0.282. The standard InChI is InChI=1S/C21H32FN3O2/c1-16(2)19-15-24(20(26)6-5-12-23(3)4)13-11-21(27)25(19)14-17-7-9-18(22)10-8-17/h7-10,16,19H,5-6,11-15H2,1-4H3/t19-/m1/s1. The largest absolute Gasteiger partial charge is 0.340 e. The van der Waals surface area contributed by atoms with Crippen LogP contribution in [0.3, 0.4) is 0 Å². The Kier molecular flexibility index (Phi) is 7.78. The van der Waals surface area contributed by atoms with E-state index in [1.807, 2.05) is 23.9 Å². The van der Waals surface area contributed by atoms with Crippen molar-refractivity contribution in [2.75, 3.05) is 33.7 Å². The van der Waals surface area contributed by atoms with Gasteiger partial charge in [0.2, 0.25) is 11.8 Å². The van der Waals surface area contributed by atoms with Gasteiger partial charge in [-0.15, -0.1) is 0 Å². The van der Waals surface area contributed by atoms with E-state index in [2.05, 4.69) is 18.7 Å². The summed E-state index contributed by atoms with van der Waals surface area (Å²) in [5.74, 6) is 0.126. The molecule has 1 aliphatic rings. The smallest absolute Gasteiger partial charge is 0.224 e. The minimum Gasteiger partial charge on any atom is -0.340 e. The molecule has 0 saturated carbocycles. The summed E-state index contributed by atoms with van der Waals surface area (Å²) < 4.78 is 13.2. The first-order valence-corrected chi connectivity index (χ1v) is 9.74. The third kappa shape index (κ3) is 6.31. The highest BCUT2D eigenvalue weighted by Gasteiger charge is 2.33. The summed E-state index contributed by atoms with van der Waals surface area (Å²) in [5.41, 5.74) is 0.904. The molecule has 1 heterocycles. The van der Waals surface area contributed by atoms with Gasteiger partial charge >= 0.3 is 0 Å². The molecule has 1 aromatic carbocycles. The van der Waals surface area contributed by atoms with Crippen molar-refractivity contribution in [3.05, 3.63) is 35.6 Å². The number of carbonyl (C=O) groups is 2. The van der Waals surface area contributed by atoms with Crippen LogP contribution < -0.4 is 0 Å². The Morgan fingerprint density at radius 3 is 2.52 bits per heavy atom. The summed E-state index contributed by atoms with van der Waals surface area (Å²) in [6, 6.07) is 6.23. The molecule has 0 spiro atoms. The van der Waals surface area contributed by atoms with Crippen LogP contribution in [0, 0.1) is 11.7 Å². The van der Waals surface area contributed by atoms with E-state index in [9.17, 15) is 14.0 Å². The van der Waals surface area contributed by atoms with Gasteiger partial charge in [0.25, 0.3) is 0 Å². The zero-order valence-corrected chi connectivity index (χ0v) is 16.9. The molecule has 2 amide bonds. The van der Waals surface area contributed by atoms with Crippen molar-refractivity contribution >= 4 is 11.8 Å². The summed E-state index contributed by atoms with van der Waals surface area (Å²) in [4.78, 5) is 31.2. The van der Waals surface area contributed by atoms with Crippen molar-refractivity contribution in [2.45, 2.75) is 45.7 Å². The molecule has 1 fully saturated rings. The molecule has 150 valence electrons. The van der Waals surface area contributed by atoms with Gasteiger partial charge in [-0.1, -0.05) is 26.0 Å². The van der Waals surface area contributed by atoms with Crippen molar-refractivity contribution in [2.24, 2.45) is 5.92 Å². The molecule has 1 aliphatic heterocycles. The van der Waals surface area contributed by atoms with Gasteiger partial charge in [0, 0.05) is 32.5 Å². The second-order valence-corrected chi connectivity index (χ2v) is 7.96. The maximum atomic E-state index is 13.2. The summed E-state index contributed by atoms with van der Waals surface area (Å²) in [5, 5.41) is 0. The van der Waals surface area contributed by atoms with Crippen LogP contribution >= 0.6 is 0 Å². The van der Waals surface area contributed by atoms with Gasteiger partial charge in [0.05, 0.1) is 6.04 Å². The molecule has 1 aromatic rings. The molecular formula is C21H32FN3O2. The number of amides is 2. The summed E-state index contributed by atoms with van der Waals surface area (Å²) >= 11 is 0. The highest BCUT2D eigenvalue weighted by atomic mass is 19.1. The quantitative estimate of drug-likeness (QED) is 0.734. The predicted molar refractivity (Wildman–Crippen MR) is 105 cm³/mol. The molecule has 0 radical (unpaired) electrons. The number of nitrogens with zero attached hydrogens (tertiary/aromatic N) is 3. The average molecular weight is 378 g/mol.